The molecule has 0 unspecified atom stereocenters. The monoisotopic (exact) mass is 235 g/mol. The number of hydrogen-bond acceptors (Lipinski definition) is 4. The van der Waals surface area contributed by atoms with Crippen molar-refractivity contribution >= 4 is 11.6 Å². The number of amides is 1. The fourth-order valence-electron chi connectivity index (χ4n) is 1.86. The molecular formula is C12H17N3O2. The number of carbonyl (C=O) groups excluding carboxylic acids is 1. The quantitative estimate of drug-likeness (QED) is 0.584. The standard InChI is InChI=1S/C12H17N3O2/c1-8-4-9(2-3-10(8)11(13)16)15-7-12(17)5-14-6-12/h2-4,14-15,17H,5-7H2,1H3,(H2,13,16). The zero-order valence-electron chi connectivity index (χ0n) is 9.79. The van der Waals surface area contributed by atoms with Crippen LogP contribution >= 0.6 is 0 Å². The molecule has 0 spiro atoms. The van der Waals surface area contributed by atoms with Gasteiger partial charge in [0.05, 0.1) is 0 Å². The van der Waals surface area contributed by atoms with Crippen LogP contribution < -0.4 is 16.4 Å². The van der Waals surface area contributed by atoms with Gasteiger partial charge in [0.1, 0.15) is 5.60 Å². The average Bonchev–Trinajstić information content (AvgIpc) is 2.23. The van der Waals surface area contributed by atoms with Crippen molar-refractivity contribution in [2.75, 3.05) is 25.0 Å². The van der Waals surface area contributed by atoms with Gasteiger partial charge in [-0.2, -0.15) is 0 Å². The van der Waals surface area contributed by atoms with Crippen molar-refractivity contribution in [2.45, 2.75) is 12.5 Å². The average molecular weight is 235 g/mol. The molecule has 1 aliphatic heterocycles. The van der Waals surface area contributed by atoms with Gasteiger partial charge in [-0.3, -0.25) is 4.79 Å². The Labute approximate surface area is 100 Å². The Morgan fingerprint density at radius 2 is 2.29 bits per heavy atom. The highest BCUT2D eigenvalue weighted by atomic mass is 16.3. The number of nitrogens with one attached hydrogen (secondary N) is 2. The molecule has 0 bridgehead atoms. The zero-order valence-corrected chi connectivity index (χ0v) is 9.79. The second-order valence-electron chi connectivity index (χ2n) is 4.58. The van der Waals surface area contributed by atoms with Crippen LogP contribution in [0.4, 0.5) is 5.69 Å². The molecule has 2 rings (SSSR count). The molecule has 1 saturated heterocycles. The van der Waals surface area contributed by atoms with E-state index in [4.69, 9.17) is 5.73 Å². The maximum atomic E-state index is 11.1. The Morgan fingerprint density at radius 3 is 2.76 bits per heavy atom. The molecular weight excluding hydrogens is 218 g/mol. The van der Waals surface area contributed by atoms with Gasteiger partial charge in [0.25, 0.3) is 0 Å². The number of primary amides is 1. The van der Waals surface area contributed by atoms with Crippen molar-refractivity contribution < 1.29 is 9.90 Å². The van der Waals surface area contributed by atoms with Gasteiger partial charge in [-0.15, -0.1) is 0 Å². The Hall–Kier alpha value is -1.59. The molecule has 0 atom stereocenters. The molecule has 1 aliphatic rings. The van der Waals surface area contributed by atoms with Crippen molar-refractivity contribution in [3.8, 4) is 0 Å². The van der Waals surface area contributed by atoms with Crippen molar-refractivity contribution in [3.63, 3.8) is 0 Å². The summed E-state index contributed by atoms with van der Waals surface area (Å²) in [6.45, 7) is 3.55. The molecule has 1 fully saturated rings. The fourth-order valence-corrected chi connectivity index (χ4v) is 1.86. The lowest BCUT2D eigenvalue weighted by atomic mass is 9.97. The highest BCUT2D eigenvalue weighted by Gasteiger charge is 2.33. The van der Waals surface area contributed by atoms with Crippen LogP contribution in [0.3, 0.4) is 0 Å². The minimum absolute atomic E-state index is 0.420. The summed E-state index contributed by atoms with van der Waals surface area (Å²) in [4.78, 5) is 11.1. The molecule has 0 radical (unpaired) electrons. The van der Waals surface area contributed by atoms with Gasteiger partial charge in [-0.1, -0.05) is 0 Å². The summed E-state index contributed by atoms with van der Waals surface area (Å²) in [5.41, 5.74) is 6.82. The lowest BCUT2D eigenvalue weighted by Gasteiger charge is -2.37. The van der Waals surface area contributed by atoms with Crippen LogP contribution in [0.5, 0.6) is 0 Å². The van der Waals surface area contributed by atoms with E-state index in [1.807, 2.05) is 13.0 Å². The number of carbonyl (C=O) groups is 1. The molecule has 5 heteroatoms. The number of hydrogen-bond donors (Lipinski definition) is 4. The van der Waals surface area contributed by atoms with Gasteiger partial charge < -0.3 is 21.5 Å². The summed E-state index contributed by atoms with van der Waals surface area (Å²) in [5, 5.41) is 16.1. The van der Waals surface area contributed by atoms with E-state index in [0.717, 1.165) is 11.3 Å². The van der Waals surface area contributed by atoms with E-state index in [2.05, 4.69) is 10.6 Å². The number of anilines is 1. The molecule has 1 aromatic rings. The summed E-state index contributed by atoms with van der Waals surface area (Å²) in [6, 6.07) is 5.35. The largest absolute Gasteiger partial charge is 0.385 e. The first-order valence-electron chi connectivity index (χ1n) is 5.58. The van der Waals surface area contributed by atoms with Crippen molar-refractivity contribution in [2.24, 2.45) is 5.73 Å². The zero-order chi connectivity index (χ0) is 12.5. The molecule has 92 valence electrons. The Morgan fingerprint density at radius 1 is 1.59 bits per heavy atom. The maximum Gasteiger partial charge on any atom is 0.248 e. The Kier molecular flexibility index (Phi) is 3.04. The van der Waals surface area contributed by atoms with E-state index in [-0.39, 0.29) is 0 Å². The first-order chi connectivity index (χ1) is 8.00. The first kappa shape index (κ1) is 11.9. The van der Waals surface area contributed by atoms with Crippen LogP contribution in [0.1, 0.15) is 15.9 Å². The van der Waals surface area contributed by atoms with E-state index in [9.17, 15) is 9.90 Å². The highest BCUT2D eigenvalue weighted by molar-refractivity contribution is 5.94. The summed E-state index contributed by atoms with van der Waals surface area (Å²) in [6.07, 6.45) is 0. The third-order valence-corrected chi connectivity index (χ3v) is 3.02. The molecule has 1 amide bonds. The fraction of sp³-hybridized carbons (Fsp3) is 0.417. The summed E-state index contributed by atoms with van der Waals surface area (Å²) in [7, 11) is 0. The van der Waals surface area contributed by atoms with E-state index in [1.54, 1.807) is 12.1 Å². The second kappa shape index (κ2) is 4.35. The molecule has 5 nitrogen and oxygen atoms in total. The Balaban J connectivity index is 2.02. The minimum atomic E-state index is -0.656. The number of nitrogens with two attached hydrogens (primary N) is 1. The van der Waals surface area contributed by atoms with Crippen molar-refractivity contribution in [1.29, 1.82) is 0 Å². The number of aryl methyl sites for hydroxylation is 1. The minimum Gasteiger partial charge on any atom is -0.385 e. The highest BCUT2D eigenvalue weighted by Crippen LogP contribution is 2.17. The number of β-amino-alcohol motifs (C(OH)–C–C–N with tert-alkyl or cyclic N) is 1. The smallest absolute Gasteiger partial charge is 0.248 e. The topological polar surface area (TPSA) is 87.4 Å². The van der Waals surface area contributed by atoms with Crippen molar-refractivity contribution in [3.05, 3.63) is 29.3 Å². The van der Waals surface area contributed by atoms with Gasteiger partial charge in [-0.25, -0.2) is 0 Å². The van der Waals surface area contributed by atoms with E-state index in [0.29, 0.717) is 25.2 Å². The van der Waals surface area contributed by atoms with Crippen LogP contribution in [0.2, 0.25) is 0 Å². The van der Waals surface area contributed by atoms with Crippen LogP contribution in [-0.4, -0.2) is 36.2 Å². The van der Waals surface area contributed by atoms with Gasteiger partial charge in [0.15, 0.2) is 0 Å². The normalized spacial score (nSPS) is 17.3. The Bertz CT molecular complexity index is 441. The van der Waals surface area contributed by atoms with Crippen molar-refractivity contribution in [1.82, 2.24) is 5.32 Å². The summed E-state index contributed by atoms with van der Waals surface area (Å²) in [5.74, 6) is -0.420. The molecule has 0 aliphatic carbocycles. The van der Waals surface area contributed by atoms with E-state index >= 15 is 0 Å². The third-order valence-electron chi connectivity index (χ3n) is 3.02. The van der Waals surface area contributed by atoms with E-state index in [1.165, 1.54) is 0 Å². The molecule has 1 aromatic carbocycles. The number of rotatable bonds is 4. The number of aliphatic hydroxyl groups is 1. The first-order valence-corrected chi connectivity index (χ1v) is 5.58. The van der Waals surface area contributed by atoms with Crippen LogP contribution in [0, 0.1) is 6.92 Å². The summed E-state index contributed by atoms with van der Waals surface area (Å²) >= 11 is 0. The lowest BCUT2D eigenvalue weighted by molar-refractivity contribution is 0.00312. The number of benzene rings is 1. The molecule has 1 heterocycles. The second-order valence-corrected chi connectivity index (χ2v) is 4.58. The van der Waals surface area contributed by atoms with Crippen LogP contribution in [0.15, 0.2) is 18.2 Å². The molecule has 0 saturated carbocycles. The molecule has 5 N–H and O–H groups in total. The van der Waals surface area contributed by atoms with Gasteiger partial charge in [-0.05, 0) is 30.7 Å². The van der Waals surface area contributed by atoms with Gasteiger partial charge in [0, 0.05) is 30.9 Å². The SMILES string of the molecule is Cc1cc(NCC2(O)CNC2)ccc1C(N)=O. The predicted octanol–water partition coefficient (Wildman–Crippen LogP) is -0.160. The lowest BCUT2D eigenvalue weighted by Crippen LogP contribution is -2.63. The molecule has 0 aromatic heterocycles. The van der Waals surface area contributed by atoms with Gasteiger partial charge >= 0.3 is 0 Å². The van der Waals surface area contributed by atoms with Gasteiger partial charge in [0.2, 0.25) is 5.91 Å². The van der Waals surface area contributed by atoms with Crippen LogP contribution in [0.25, 0.3) is 0 Å². The van der Waals surface area contributed by atoms with E-state index < -0.39 is 11.5 Å². The summed E-state index contributed by atoms with van der Waals surface area (Å²) < 4.78 is 0. The van der Waals surface area contributed by atoms with Crippen LogP contribution in [-0.2, 0) is 0 Å². The predicted molar refractivity (Wildman–Crippen MR) is 66.0 cm³/mol. The third kappa shape index (κ3) is 2.57. The maximum absolute atomic E-state index is 11.1. The molecule has 17 heavy (non-hydrogen) atoms.